The van der Waals surface area contributed by atoms with Crippen molar-refractivity contribution in [1.29, 1.82) is 0 Å². The number of piperidine rings is 1. The van der Waals surface area contributed by atoms with E-state index in [0.717, 1.165) is 54.9 Å². The topological polar surface area (TPSA) is 114 Å². The number of anilines is 2. The summed E-state index contributed by atoms with van der Waals surface area (Å²) in [6.45, 7) is 4.85. The van der Waals surface area contributed by atoms with Crippen molar-refractivity contribution in [3.8, 4) is 11.5 Å². The Labute approximate surface area is 234 Å². The summed E-state index contributed by atoms with van der Waals surface area (Å²) in [6.07, 6.45) is 8.44. The third-order valence-electron chi connectivity index (χ3n) is 7.40. The molecule has 40 heavy (non-hydrogen) atoms. The van der Waals surface area contributed by atoms with Gasteiger partial charge in [0.2, 0.25) is 5.91 Å². The van der Waals surface area contributed by atoms with Crippen LogP contribution >= 0.6 is 0 Å². The smallest absolute Gasteiger partial charge is 0.313 e. The molecule has 9 nitrogen and oxygen atoms in total. The zero-order valence-electron chi connectivity index (χ0n) is 23.0. The molecule has 2 aromatic carbocycles. The first-order chi connectivity index (χ1) is 19.3. The largest absolute Gasteiger partial charge is 0.487 e. The van der Waals surface area contributed by atoms with E-state index in [1.165, 1.54) is 0 Å². The summed E-state index contributed by atoms with van der Waals surface area (Å²) in [5, 5.41) is 12.3. The Hall–Kier alpha value is -4.14. The number of rotatable bonds is 11. The fraction of sp³-hybridized carbons (Fsp3) is 0.419. The van der Waals surface area contributed by atoms with Gasteiger partial charge in [-0.2, -0.15) is 0 Å². The predicted molar refractivity (Wildman–Crippen MR) is 152 cm³/mol. The maximum absolute atomic E-state index is 12.7. The van der Waals surface area contributed by atoms with Crippen molar-refractivity contribution in [1.82, 2.24) is 9.97 Å². The number of para-hydroxylation sites is 2. The van der Waals surface area contributed by atoms with E-state index in [9.17, 15) is 14.7 Å². The van der Waals surface area contributed by atoms with Gasteiger partial charge in [0.25, 0.3) is 0 Å². The van der Waals surface area contributed by atoms with Crippen LogP contribution in [0.3, 0.4) is 0 Å². The number of nitrogens with zero attached hydrogens (tertiary/aromatic N) is 3. The van der Waals surface area contributed by atoms with Crippen molar-refractivity contribution in [3.05, 3.63) is 72.1 Å². The number of carbonyl (C=O) groups is 2. The summed E-state index contributed by atoms with van der Waals surface area (Å²) < 4.78 is 12.4. The molecule has 1 atom stereocenters. The molecule has 2 N–H and O–H groups in total. The van der Waals surface area contributed by atoms with Crippen LogP contribution in [0.15, 0.2) is 60.9 Å². The van der Waals surface area contributed by atoms with Gasteiger partial charge in [-0.3, -0.25) is 14.6 Å². The number of carboxylic acids is 1. The van der Waals surface area contributed by atoms with E-state index < -0.39 is 11.4 Å². The van der Waals surface area contributed by atoms with Crippen LogP contribution in [0.25, 0.3) is 0 Å². The molecule has 2 aliphatic rings. The number of hydrogen-bond acceptors (Lipinski definition) is 7. The molecule has 3 aromatic rings. The molecule has 0 unspecified atom stereocenters. The molecule has 1 aliphatic carbocycles. The number of aromatic nitrogens is 2. The van der Waals surface area contributed by atoms with Gasteiger partial charge in [-0.1, -0.05) is 36.4 Å². The van der Waals surface area contributed by atoms with Crippen LogP contribution in [0.4, 0.5) is 11.6 Å². The highest BCUT2D eigenvalue weighted by Crippen LogP contribution is 2.35. The van der Waals surface area contributed by atoms with Crippen LogP contribution in [0.5, 0.6) is 11.5 Å². The van der Waals surface area contributed by atoms with Crippen molar-refractivity contribution in [2.45, 2.75) is 70.0 Å². The molecule has 2 heterocycles. The van der Waals surface area contributed by atoms with Gasteiger partial charge >= 0.3 is 5.97 Å². The van der Waals surface area contributed by atoms with E-state index >= 15 is 0 Å². The zero-order chi connectivity index (χ0) is 28.1. The average Bonchev–Trinajstić information content (AvgIpc) is 3.78. The zero-order valence-corrected chi connectivity index (χ0v) is 23.0. The third-order valence-corrected chi connectivity index (χ3v) is 7.40. The number of aliphatic carboxylic acids is 1. The highest BCUT2D eigenvalue weighted by molar-refractivity contribution is 5.89. The van der Waals surface area contributed by atoms with E-state index in [1.807, 2.05) is 48.5 Å². The highest BCUT2D eigenvalue weighted by atomic mass is 16.5. The number of benzene rings is 2. The van der Waals surface area contributed by atoms with Gasteiger partial charge in [-0.05, 0) is 69.2 Å². The van der Waals surface area contributed by atoms with Crippen molar-refractivity contribution >= 4 is 23.5 Å². The summed E-state index contributed by atoms with van der Waals surface area (Å²) in [7, 11) is 0. The molecule has 1 aromatic heterocycles. The third kappa shape index (κ3) is 6.89. The van der Waals surface area contributed by atoms with E-state index in [2.05, 4.69) is 20.2 Å². The van der Waals surface area contributed by atoms with E-state index in [4.69, 9.17) is 9.47 Å². The van der Waals surface area contributed by atoms with Crippen molar-refractivity contribution < 1.29 is 24.2 Å². The van der Waals surface area contributed by atoms with Crippen LogP contribution < -0.4 is 19.7 Å². The SMILES string of the molecule is CC(C)(C(=O)O)c1ccc(CCC(=O)Nc2cncc(N3CCC[C@@H](Oc4ccccc4OC4CC4)C3)n2)cc1. The minimum atomic E-state index is -0.963. The number of nitrogens with one attached hydrogen (secondary N) is 1. The van der Waals surface area contributed by atoms with Crippen molar-refractivity contribution in [3.63, 3.8) is 0 Å². The summed E-state index contributed by atoms with van der Waals surface area (Å²) >= 11 is 0. The molecule has 9 heteroatoms. The predicted octanol–water partition coefficient (Wildman–Crippen LogP) is 5.00. The van der Waals surface area contributed by atoms with E-state index in [0.29, 0.717) is 30.7 Å². The Bertz CT molecular complexity index is 1340. The van der Waals surface area contributed by atoms with Gasteiger partial charge in [0.15, 0.2) is 17.3 Å². The molecule has 1 saturated heterocycles. The molecular formula is C31H36N4O5. The fourth-order valence-corrected chi connectivity index (χ4v) is 4.68. The molecule has 1 aliphatic heterocycles. The minimum absolute atomic E-state index is 0.00906. The molecular weight excluding hydrogens is 508 g/mol. The summed E-state index contributed by atoms with van der Waals surface area (Å²) in [5.74, 6) is 1.64. The van der Waals surface area contributed by atoms with E-state index in [1.54, 1.807) is 26.2 Å². The Morgan fingerprint density at radius 1 is 1.00 bits per heavy atom. The number of carbonyl (C=O) groups excluding carboxylic acids is 1. The Morgan fingerprint density at radius 3 is 2.38 bits per heavy atom. The second-order valence-electron chi connectivity index (χ2n) is 11.0. The standard InChI is InChI=1S/C31H36N4O5/c1-31(2,30(37)38)22-12-9-21(10-13-22)11-16-29(36)34-27-18-32-19-28(33-27)35-17-5-6-24(20-35)40-26-8-4-3-7-25(26)39-23-14-15-23/h3-4,7-10,12-13,18-19,23-24H,5-6,11,14-17,20H2,1-2H3,(H,37,38)(H,33,34,36)/t24-/m1/s1. The summed E-state index contributed by atoms with van der Waals surface area (Å²) in [4.78, 5) is 35.2. The molecule has 0 spiro atoms. The Kier molecular flexibility index (Phi) is 8.19. The highest BCUT2D eigenvalue weighted by Gasteiger charge is 2.29. The molecule has 1 saturated carbocycles. The summed E-state index contributed by atoms with van der Waals surface area (Å²) in [5.41, 5.74) is 0.722. The van der Waals surface area contributed by atoms with Gasteiger partial charge in [0.05, 0.1) is 30.5 Å². The van der Waals surface area contributed by atoms with Gasteiger partial charge < -0.3 is 24.8 Å². The Balaban J connectivity index is 1.14. The lowest BCUT2D eigenvalue weighted by molar-refractivity contribution is -0.142. The van der Waals surface area contributed by atoms with Gasteiger partial charge in [0.1, 0.15) is 11.9 Å². The van der Waals surface area contributed by atoms with E-state index in [-0.39, 0.29) is 18.4 Å². The second kappa shape index (κ2) is 11.9. The number of amides is 1. The molecule has 0 bridgehead atoms. The van der Waals surface area contributed by atoms with Gasteiger partial charge in [0, 0.05) is 13.0 Å². The summed E-state index contributed by atoms with van der Waals surface area (Å²) in [6, 6.07) is 15.2. The first kappa shape index (κ1) is 27.4. The number of carboxylic acid groups (broad SMARTS) is 1. The van der Waals surface area contributed by atoms with Crippen molar-refractivity contribution in [2.75, 3.05) is 23.3 Å². The maximum Gasteiger partial charge on any atom is 0.313 e. The van der Waals surface area contributed by atoms with Crippen LogP contribution in [0.1, 0.15) is 57.1 Å². The lowest BCUT2D eigenvalue weighted by Gasteiger charge is -2.33. The van der Waals surface area contributed by atoms with Crippen LogP contribution in [-0.2, 0) is 21.4 Å². The minimum Gasteiger partial charge on any atom is -0.487 e. The molecule has 210 valence electrons. The fourth-order valence-electron chi connectivity index (χ4n) is 4.68. The van der Waals surface area contributed by atoms with Crippen LogP contribution in [-0.4, -0.2) is 52.2 Å². The monoisotopic (exact) mass is 544 g/mol. The number of ether oxygens (including phenoxy) is 2. The second-order valence-corrected chi connectivity index (χ2v) is 11.0. The Morgan fingerprint density at radius 2 is 1.70 bits per heavy atom. The first-order valence-electron chi connectivity index (χ1n) is 13.9. The van der Waals surface area contributed by atoms with Crippen LogP contribution in [0.2, 0.25) is 0 Å². The van der Waals surface area contributed by atoms with Gasteiger partial charge in [-0.25, -0.2) is 4.98 Å². The van der Waals surface area contributed by atoms with Crippen LogP contribution in [0, 0.1) is 0 Å². The molecule has 5 rings (SSSR count). The van der Waals surface area contributed by atoms with Gasteiger partial charge in [-0.15, -0.1) is 0 Å². The lowest BCUT2D eigenvalue weighted by atomic mass is 9.84. The normalized spacial score (nSPS) is 17.2. The molecule has 2 fully saturated rings. The first-order valence-corrected chi connectivity index (χ1v) is 13.9. The maximum atomic E-state index is 12.7. The number of aryl methyl sites for hydroxylation is 1. The lowest BCUT2D eigenvalue weighted by Crippen LogP contribution is -2.41. The molecule has 1 amide bonds. The quantitative estimate of drug-likeness (QED) is 0.347. The van der Waals surface area contributed by atoms with Crippen molar-refractivity contribution in [2.24, 2.45) is 0 Å². The number of hydrogen-bond donors (Lipinski definition) is 2. The average molecular weight is 545 g/mol. The molecule has 0 radical (unpaired) electrons.